The predicted octanol–water partition coefficient (Wildman–Crippen LogP) is 3.36. The fraction of sp³-hybridized carbons (Fsp3) is 0.348. The number of ether oxygens (including phenoxy) is 3. The van der Waals surface area contributed by atoms with Gasteiger partial charge in [-0.1, -0.05) is 6.08 Å². The van der Waals surface area contributed by atoms with Crippen LogP contribution in [0.25, 0.3) is 0 Å². The number of pyridine rings is 1. The van der Waals surface area contributed by atoms with E-state index in [1.807, 2.05) is 12.1 Å². The minimum atomic E-state index is -0.186. The van der Waals surface area contributed by atoms with E-state index in [0.717, 1.165) is 17.7 Å². The van der Waals surface area contributed by atoms with Gasteiger partial charge in [-0.2, -0.15) is 0 Å². The number of nitrogens with zero attached hydrogens (tertiary/aromatic N) is 2. The van der Waals surface area contributed by atoms with Gasteiger partial charge in [0.15, 0.2) is 17.3 Å². The van der Waals surface area contributed by atoms with Crippen LogP contribution in [0.5, 0.6) is 17.2 Å². The first-order valence-corrected chi connectivity index (χ1v) is 9.79. The van der Waals surface area contributed by atoms with Crippen LogP contribution in [0.2, 0.25) is 0 Å². The second-order valence-electron chi connectivity index (χ2n) is 6.81. The van der Waals surface area contributed by atoms with Crippen LogP contribution in [-0.2, 0) is 6.42 Å². The molecule has 1 aromatic carbocycles. The molecule has 1 aromatic heterocycles. The first-order chi connectivity index (χ1) is 14.6. The van der Waals surface area contributed by atoms with Gasteiger partial charge in [-0.3, -0.25) is 14.8 Å². The molecule has 0 unspecified atom stereocenters. The van der Waals surface area contributed by atoms with Crippen LogP contribution < -0.4 is 14.2 Å². The van der Waals surface area contributed by atoms with Gasteiger partial charge in [0.25, 0.3) is 0 Å². The highest BCUT2D eigenvalue weighted by atomic mass is 16.5. The summed E-state index contributed by atoms with van der Waals surface area (Å²) < 4.78 is 16.1. The van der Waals surface area contributed by atoms with Gasteiger partial charge in [0.1, 0.15) is 0 Å². The average molecular weight is 410 g/mol. The molecular weight excluding hydrogens is 384 g/mol. The molecule has 1 aliphatic heterocycles. The standard InChI is InChI=1S/C23H26N2O5/c1-28-20-12-15(13-21(29-2)23(20)30-3)22(27)17-11-16(18-8-6-9-24-18)14-25-19(17)7-4-5-10-26/h6,9,11-14,26H,4-5,7-8,10H2,1-3H3. The molecule has 0 atom stereocenters. The van der Waals surface area contributed by atoms with Crippen molar-refractivity contribution in [3.8, 4) is 17.2 Å². The number of carbonyl (C=O) groups excluding carboxylic acids is 1. The quantitative estimate of drug-likeness (QED) is 0.477. The zero-order valence-corrected chi connectivity index (χ0v) is 17.5. The van der Waals surface area contributed by atoms with E-state index in [2.05, 4.69) is 9.98 Å². The lowest BCUT2D eigenvalue weighted by Crippen LogP contribution is -2.11. The van der Waals surface area contributed by atoms with Crippen LogP contribution in [0.4, 0.5) is 0 Å². The predicted molar refractivity (Wildman–Crippen MR) is 114 cm³/mol. The maximum atomic E-state index is 13.5. The number of ketones is 1. The number of aliphatic hydroxyl groups is 1. The number of allylic oxidation sites excluding steroid dienone is 1. The molecule has 0 fully saturated rings. The van der Waals surface area contributed by atoms with E-state index < -0.39 is 0 Å². The molecule has 0 saturated carbocycles. The fourth-order valence-electron chi connectivity index (χ4n) is 3.37. The van der Waals surface area contributed by atoms with Crippen molar-refractivity contribution >= 4 is 11.5 Å². The van der Waals surface area contributed by atoms with Crippen molar-refractivity contribution in [2.45, 2.75) is 25.7 Å². The summed E-state index contributed by atoms with van der Waals surface area (Å²) in [6.07, 6.45) is 8.17. The number of aliphatic hydroxyl groups excluding tert-OH is 1. The third kappa shape index (κ3) is 4.52. The highest BCUT2D eigenvalue weighted by Gasteiger charge is 2.22. The second-order valence-corrected chi connectivity index (χ2v) is 6.81. The number of benzene rings is 1. The number of aromatic nitrogens is 1. The third-order valence-electron chi connectivity index (χ3n) is 4.94. The number of methoxy groups -OCH3 is 3. The summed E-state index contributed by atoms with van der Waals surface area (Å²) in [4.78, 5) is 22.4. The van der Waals surface area contributed by atoms with Crippen LogP contribution in [-0.4, -0.2) is 49.5 Å². The molecular formula is C23H26N2O5. The Kier molecular flexibility index (Phi) is 7.19. The Morgan fingerprint density at radius 1 is 1.07 bits per heavy atom. The van der Waals surface area contributed by atoms with Crippen molar-refractivity contribution in [3.63, 3.8) is 0 Å². The SMILES string of the molecule is COc1cc(C(=O)c2cc(C3=NC=CC3)cnc2CCCCO)cc(OC)c1OC. The minimum Gasteiger partial charge on any atom is -0.493 e. The van der Waals surface area contributed by atoms with Crippen LogP contribution in [0.15, 0.2) is 41.7 Å². The lowest BCUT2D eigenvalue weighted by Gasteiger charge is -2.15. The Morgan fingerprint density at radius 2 is 1.80 bits per heavy atom. The number of aliphatic imine (C=N–C) groups is 1. The Bertz CT molecular complexity index is 957. The van der Waals surface area contributed by atoms with Crippen molar-refractivity contribution in [1.29, 1.82) is 0 Å². The van der Waals surface area contributed by atoms with E-state index in [0.29, 0.717) is 53.3 Å². The molecule has 0 amide bonds. The Balaban J connectivity index is 2.05. The van der Waals surface area contributed by atoms with Crippen LogP contribution >= 0.6 is 0 Å². The van der Waals surface area contributed by atoms with E-state index in [9.17, 15) is 4.79 Å². The van der Waals surface area contributed by atoms with Gasteiger partial charge >= 0.3 is 0 Å². The van der Waals surface area contributed by atoms with E-state index in [1.54, 1.807) is 24.5 Å². The smallest absolute Gasteiger partial charge is 0.203 e. The zero-order chi connectivity index (χ0) is 21.5. The number of unbranched alkanes of at least 4 members (excludes halogenated alkanes) is 1. The average Bonchev–Trinajstić information content (AvgIpc) is 3.32. The molecule has 1 N–H and O–H groups in total. The molecule has 7 heteroatoms. The molecule has 2 aromatic rings. The topological polar surface area (TPSA) is 90.2 Å². The molecule has 0 bridgehead atoms. The summed E-state index contributed by atoms with van der Waals surface area (Å²) in [5, 5.41) is 9.10. The number of hydrogen-bond acceptors (Lipinski definition) is 7. The molecule has 0 aliphatic carbocycles. The van der Waals surface area contributed by atoms with Crippen molar-refractivity contribution in [1.82, 2.24) is 4.98 Å². The highest BCUT2D eigenvalue weighted by molar-refractivity contribution is 6.12. The van der Waals surface area contributed by atoms with Crippen molar-refractivity contribution in [2.24, 2.45) is 4.99 Å². The summed E-state index contributed by atoms with van der Waals surface area (Å²) in [5.74, 6) is 1.07. The third-order valence-corrected chi connectivity index (χ3v) is 4.94. The molecule has 0 spiro atoms. The first-order valence-electron chi connectivity index (χ1n) is 9.79. The van der Waals surface area contributed by atoms with E-state index >= 15 is 0 Å². The molecule has 7 nitrogen and oxygen atoms in total. The maximum Gasteiger partial charge on any atom is 0.203 e. The molecule has 30 heavy (non-hydrogen) atoms. The summed E-state index contributed by atoms with van der Waals surface area (Å²) in [5.41, 5.74) is 3.32. The fourth-order valence-corrected chi connectivity index (χ4v) is 3.37. The van der Waals surface area contributed by atoms with Crippen LogP contribution in [0.1, 0.15) is 46.4 Å². The van der Waals surface area contributed by atoms with Crippen molar-refractivity contribution in [3.05, 3.63) is 59.1 Å². The van der Waals surface area contributed by atoms with E-state index in [-0.39, 0.29) is 12.4 Å². The molecule has 0 radical (unpaired) electrons. The second kappa shape index (κ2) is 10.0. The maximum absolute atomic E-state index is 13.5. The first kappa shape index (κ1) is 21.5. The number of carbonyl (C=O) groups is 1. The van der Waals surface area contributed by atoms with Gasteiger partial charge in [0.05, 0.1) is 32.7 Å². The Labute approximate surface area is 176 Å². The van der Waals surface area contributed by atoms with Gasteiger partial charge in [0, 0.05) is 42.1 Å². The monoisotopic (exact) mass is 410 g/mol. The van der Waals surface area contributed by atoms with Gasteiger partial charge < -0.3 is 19.3 Å². The van der Waals surface area contributed by atoms with Gasteiger partial charge in [-0.25, -0.2) is 0 Å². The number of rotatable bonds is 10. The van der Waals surface area contributed by atoms with E-state index in [1.165, 1.54) is 21.3 Å². The molecule has 158 valence electrons. The Hall–Kier alpha value is -3.19. The minimum absolute atomic E-state index is 0.108. The van der Waals surface area contributed by atoms with Gasteiger partial charge in [0.2, 0.25) is 5.75 Å². The molecule has 2 heterocycles. The summed E-state index contributed by atoms with van der Waals surface area (Å²) in [6.45, 7) is 0.108. The van der Waals surface area contributed by atoms with Crippen molar-refractivity contribution in [2.75, 3.05) is 27.9 Å². The summed E-state index contributed by atoms with van der Waals surface area (Å²) >= 11 is 0. The van der Waals surface area contributed by atoms with Crippen LogP contribution in [0, 0.1) is 0 Å². The summed E-state index contributed by atoms with van der Waals surface area (Å²) in [7, 11) is 4.55. The van der Waals surface area contributed by atoms with Crippen molar-refractivity contribution < 1.29 is 24.1 Å². The lowest BCUT2D eigenvalue weighted by molar-refractivity contribution is 0.103. The zero-order valence-electron chi connectivity index (χ0n) is 17.5. The highest BCUT2D eigenvalue weighted by Crippen LogP contribution is 2.39. The number of hydrogen-bond donors (Lipinski definition) is 1. The van der Waals surface area contributed by atoms with E-state index in [4.69, 9.17) is 19.3 Å². The normalized spacial score (nSPS) is 12.6. The molecule has 3 rings (SSSR count). The largest absolute Gasteiger partial charge is 0.493 e. The molecule has 1 aliphatic rings. The summed E-state index contributed by atoms with van der Waals surface area (Å²) in [6, 6.07) is 5.13. The molecule has 0 saturated heterocycles. The van der Waals surface area contributed by atoms with Crippen LogP contribution in [0.3, 0.4) is 0 Å². The van der Waals surface area contributed by atoms with Gasteiger partial charge in [-0.15, -0.1) is 0 Å². The van der Waals surface area contributed by atoms with Gasteiger partial charge in [-0.05, 0) is 37.5 Å². The number of aryl methyl sites for hydroxylation is 1. The Morgan fingerprint density at radius 3 is 2.37 bits per heavy atom. The lowest BCUT2D eigenvalue weighted by atomic mass is 9.96.